The third-order valence-electron chi connectivity index (χ3n) is 4.16. The van der Waals surface area contributed by atoms with Crippen LogP contribution in [0.5, 0.6) is 0 Å². The van der Waals surface area contributed by atoms with E-state index in [-0.39, 0.29) is 3.17 Å². The predicted octanol–water partition coefficient (Wildman–Crippen LogP) is 2.26. The molecular weight excluding hydrogens is 377 g/mol. The minimum absolute atomic E-state index is 0.212. The third-order valence-corrected chi connectivity index (χ3v) is 24.6. The van der Waals surface area contributed by atoms with Gasteiger partial charge in [-0.1, -0.05) is 0 Å². The second-order valence-corrected chi connectivity index (χ2v) is 23.7. The van der Waals surface area contributed by atoms with Gasteiger partial charge in [0.25, 0.3) is 0 Å². The van der Waals surface area contributed by atoms with Gasteiger partial charge < -0.3 is 0 Å². The van der Waals surface area contributed by atoms with Crippen LogP contribution in [0.4, 0.5) is 0 Å². The van der Waals surface area contributed by atoms with Crippen molar-refractivity contribution >= 4 is 0 Å². The molecule has 1 unspecified atom stereocenters. The summed E-state index contributed by atoms with van der Waals surface area (Å²) in [6.07, 6.45) is 6.90. The van der Waals surface area contributed by atoms with Gasteiger partial charge in [0.2, 0.25) is 0 Å². The number of hydrogen-bond donors (Lipinski definition) is 0. The van der Waals surface area contributed by atoms with Crippen molar-refractivity contribution in [3.8, 4) is 0 Å². The molecule has 1 aliphatic rings. The van der Waals surface area contributed by atoms with Crippen LogP contribution in [-0.4, -0.2) is 50.9 Å². The molecule has 0 N–H and O–H groups in total. The first-order valence-corrected chi connectivity index (χ1v) is 12.7. The van der Waals surface area contributed by atoms with Crippen molar-refractivity contribution in [1.82, 2.24) is 8.66 Å². The molecule has 0 saturated carbocycles. The van der Waals surface area contributed by atoms with Crippen LogP contribution >= 0.6 is 0 Å². The SMILES string of the molecule is CC1=CC=C[C]1(C)[Hf]([N](C)C)([N](C)C)[N](C)C. The summed E-state index contributed by atoms with van der Waals surface area (Å²) in [6.45, 7) is 4.68. The summed E-state index contributed by atoms with van der Waals surface area (Å²) in [6, 6.07) is 0. The summed E-state index contributed by atoms with van der Waals surface area (Å²) in [5, 5.41) is 0. The Morgan fingerprint density at radius 1 is 0.941 bits per heavy atom. The Morgan fingerprint density at radius 3 is 1.59 bits per heavy atom. The molecule has 17 heavy (non-hydrogen) atoms. The van der Waals surface area contributed by atoms with Gasteiger partial charge in [-0.15, -0.1) is 0 Å². The number of allylic oxidation sites excluding steroid dienone is 4. The average Bonchev–Trinajstić information content (AvgIpc) is 2.46. The van der Waals surface area contributed by atoms with Gasteiger partial charge in [0, 0.05) is 0 Å². The molecule has 1 rings (SSSR count). The van der Waals surface area contributed by atoms with E-state index in [1.54, 1.807) is 0 Å². The fourth-order valence-corrected chi connectivity index (χ4v) is 25.6. The minimum atomic E-state index is -3.00. The molecule has 0 aromatic carbocycles. The first-order chi connectivity index (χ1) is 7.71. The van der Waals surface area contributed by atoms with Crippen LogP contribution in [0, 0.1) is 0 Å². The molecule has 0 heterocycles. The molecular formula is C13H27HfN3. The average molecular weight is 404 g/mol. The molecule has 1 atom stereocenters. The molecule has 0 aromatic rings. The molecule has 0 bridgehead atoms. The van der Waals surface area contributed by atoms with Crippen molar-refractivity contribution in [3.63, 3.8) is 0 Å². The molecule has 0 saturated heterocycles. The zero-order chi connectivity index (χ0) is 13.4. The zero-order valence-electron chi connectivity index (χ0n) is 12.6. The number of nitrogens with zero attached hydrogens (tertiary/aromatic N) is 3. The Labute approximate surface area is 112 Å². The van der Waals surface area contributed by atoms with Crippen LogP contribution in [0.25, 0.3) is 0 Å². The maximum absolute atomic E-state index is 3.00. The van der Waals surface area contributed by atoms with Gasteiger partial charge in [-0.2, -0.15) is 0 Å². The van der Waals surface area contributed by atoms with E-state index in [1.807, 2.05) is 0 Å². The Morgan fingerprint density at radius 2 is 1.35 bits per heavy atom. The normalized spacial score (nSPS) is 25.2. The van der Waals surface area contributed by atoms with Crippen LogP contribution in [0.2, 0.25) is 3.17 Å². The van der Waals surface area contributed by atoms with Crippen molar-refractivity contribution in [2.24, 2.45) is 0 Å². The van der Waals surface area contributed by atoms with Gasteiger partial charge in [-0.3, -0.25) is 0 Å². The summed E-state index contributed by atoms with van der Waals surface area (Å²) in [5.74, 6) is 0. The fraction of sp³-hybridized carbons (Fsp3) is 0.692. The van der Waals surface area contributed by atoms with E-state index >= 15 is 0 Å². The van der Waals surface area contributed by atoms with Gasteiger partial charge in [0.1, 0.15) is 0 Å². The van der Waals surface area contributed by atoms with Crippen molar-refractivity contribution in [1.29, 1.82) is 0 Å². The Hall–Kier alpha value is 0.230. The van der Waals surface area contributed by atoms with E-state index in [0.29, 0.717) is 0 Å². The first-order valence-electron chi connectivity index (χ1n) is 6.10. The van der Waals surface area contributed by atoms with Crippen LogP contribution in [0.1, 0.15) is 13.8 Å². The van der Waals surface area contributed by atoms with Crippen molar-refractivity contribution < 1.29 is 20.8 Å². The van der Waals surface area contributed by atoms with Crippen LogP contribution < -0.4 is 0 Å². The molecule has 4 heteroatoms. The molecule has 0 amide bonds. The monoisotopic (exact) mass is 405 g/mol. The topological polar surface area (TPSA) is 9.72 Å². The quantitative estimate of drug-likeness (QED) is 0.667. The maximum atomic E-state index is 2.51. The summed E-state index contributed by atoms with van der Waals surface area (Å²) >= 11 is -3.00. The van der Waals surface area contributed by atoms with E-state index in [2.05, 4.69) is 83.0 Å². The molecule has 1 aliphatic carbocycles. The van der Waals surface area contributed by atoms with Gasteiger partial charge in [-0.05, 0) is 0 Å². The molecule has 0 aliphatic heterocycles. The summed E-state index contributed by atoms with van der Waals surface area (Å²) in [7, 11) is 13.5. The van der Waals surface area contributed by atoms with Gasteiger partial charge >= 0.3 is 113 Å². The van der Waals surface area contributed by atoms with E-state index in [4.69, 9.17) is 0 Å². The van der Waals surface area contributed by atoms with E-state index in [9.17, 15) is 0 Å². The van der Waals surface area contributed by atoms with Gasteiger partial charge in [0.05, 0.1) is 0 Å². The predicted molar refractivity (Wildman–Crippen MR) is 72.3 cm³/mol. The summed E-state index contributed by atoms with van der Waals surface area (Å²) in [5.41, 5.74) is 1.50. The van der Waals surface area contributed by atoms with Gasteiger partial charge in [-0.25, -0.2) is 0 Å². The summed E-state index contributed by atoms with van der Waals surface area (Å²) in [4.78, 5) is 0. The first kappa shape index (κ1) is 15.3. The molecule has 0 radical (unpaired) electrons. The van der Waals surface area contributed by atoms with Crippen LogP contribution in [0.3, 0.4) is 0 Å². The van der Waals surface area contributed by atoms with Crippen molar-refractivity contribution in [2.75, 3.05) is 42.3 Å². The standard InChI is InChI=1S/C7H9.3C2H6N.Hf/c1-6-4-3-5-7(6)2;3*1-3-2;/h3-5H,1-2H3;3*1-2H3;/q;3*-1;+3. The van der Waals surface area contributed by atoms with Crippen LogP contribution in [-0.2, 0) is 20.8 Å². The molecule has 0 fully saturated rings. The van der Waals surface area contributed by atoms with Crippen molar-refractivity contribution in [2.45, 2.75) is 17.0 Å². The molecule has 0 aromatic heterocycles. The zero-order valence-corrected chi connectivity index (χ0v) is 16.2. The van der Waals surface area contributed by atoms with E-state index in [1.165, 1.54) is 5.57 Å². The Bertz CT molecular complexity index is 323. The van der Waals surface area contributed by atoms with Crippen LogP contribution in [0.15, 0.2) is 23.8 Å². The van der Waals surface area contributed by atoms with E-state index in [0.717, 1.165) is 0 Å². The number of hydrogen-bond acceptors (Lipinski definition) is 3. The second-order valence-electron chi connectivity index (χ2n) is 5.73. The fourth-order valence-electron chi connectivity index (χ4n) is 3.66. The molecule has 3 nitrogen and oxygen atoms in total. The van der Waals surface area contributed by atoms with E-state index < -0.39 is 20.8 Å². The third kappa shape index (κ3) is 2.03. The second kappa shape index (κ2) is 5.08. The summed E-state index contributed by atoms with van der Waals surface area (Å²) < 4.78 is 7.75. The number of rotatable bonds is 4. The van der Waals surface area contributed by atoms with Gasteiger partial charge in [0.15, 0.2) is 0 Å². The Balaban J connectivity index is 3.43. The molecule has 98 valence electrons. The Kier molecular flexibility index (Phi) is 4.57. The molecule has 0 spiro atoms. The van der Waals surface area contributed by atoms with Crippen molar-refractivity contribution in [3.05, 3.63) is 23.8 Å².